The van der Waals surface area contributed by atoms with Gasteiger partial charge in [-0.1, -0.05) is 6.42 Å². The molecule has 0 unspecified atom stereocenters. The molecule has 1 saturated heterocycles. The number of nitrogens with zero attached hydrogens (tertiary/aromatic N) is 2. The molecular weight excluding hydrogens is 337 g/mol. The van der Waals surface area contributed by atoms with E-state index in [2.05, 4.69) is 0 Å². The number of rotatable bonds is 3. The Morgan fingerprint density at radius 2 is 2.08 bits per heavy atom. The number of hydrogen-bond acceptors (Lipinski definition) is 4. The molecular formula is C19H22FN3O3. The first kappa shape index (κ1) is 17.0. The highest BCUT2D eigenvalue weighted by molar-refractivity contribution is 5.89. The van der Waals surface area contributed by atoms with E-state index in [4.69, 9.17) is 5.73 Å². The molecule has 0 amide bonds. The number of anilines is 1. The van der Waals surface area contributed by atoms with E-state index in [1.807, 2.05) is 4.90 Å². The van der Waals surface area contributed by atoms with Crippen LogP contribution in [0.4, 0.5) is 10.1 Å². The van der Waals surface area contributed by atoms with Gasteiger partial charge in [0.15, 0.2) is 5.82 Å². The average molecular weight is 359 g/mol. The molecule has 0 bridgehead atoms. The van der Waals surface area contributed by atoms with Crippen molar-refractivity contribution in [1.82, 2.24) is 4.40 Å². The van der Waals surface area contributed by atoms with Crippen molar-refractivity contribution < 1.29 is 14.3 Å². The summed E-state index contributed by atoms with van der Waals surface area (Å²) in [6.45, 7) is 3.05. The van der Waals surface area contributed by atoms with Crippen LogP contribution in [0, 0.1) is 12.7 Å². The Bertz CT molecular complexity index is 965. The zero-order valence-electron chi connectivity index (χ0n) is 14.7. The molecule has 138 valence electrons. The number of aryl methyl sites for hydroxylation is 1. The molecule has 26 heavy (non-hydrogen) atoms. The van der Waals surface area contributed by atoms with Gasteiger partial charge in [0.05, 0.1) is 17.4 Å². The first-order valence-electron chi connectivity index (χ1n) is 9.00. The first-order chi connectivity index (χ1) is 12.4. The fourth-order valence-electron chi connectivity index (χ4n) is 4.20. The highest BCUT2D eigenvalue weighted by Gasteiger charge is 2.29. The number of aromatic carboxylic acids is 1. The number of halogens is 1. The molecule has 1 aliphatic carbocycles. The predicted molar refractivity (Wildman–Crippen MR) is 96.7 cm³/mol. The van der Waals surface area contributed by atoms with Crippen LogP contribution < -0.4 is 16.2 Å². The van der Waals surface area contributed by atoms with Gasteiger partial charge in [0.2, 0.25) is 0 Å². The lowest BCUT2D eigenvalue weighted by Crippen LogP contribution is -2.30. The molecule has 7 heteroatoms. The Morgan fingerprint density at radius 1 is 1.35 bits per heavy atom. The highest BCUT2D eigenvalue weighted by Crippen LogP contribution is 2.41. The minimum absolute atomic E-state index is 0.00714. The van der Waals surface area contributed by atoms with E-state index in [-0.39, 0.29) is 17.5 Å². The molecule has 3 N–H and O–H groups in total. The minimum atomic E-state index is -1.28. The summed E-state index contributed by atoms with van der Waals surface area (Å²) in [6.07, 6.45) is 4.91. The maximum Gasteiger partial charge on any atom is 0.341 e. The Kier molecular flexibility index (Phi) is 3.99. The van der Waals surface area contributed by atoms with Crippen LogP contribution in [-0.4, -0.2) is 34.6 Å². The summed E-state index contributed by atoms with van der Waals surface area (Å²) in [6, 6.07) is 1.50. The molecule has 0 radical (unpaired) electrons. The largest absolute Gasteiger partial charge is 0.477 e. The summed E-state index contributed by atoms with van der Waals surface area (Å²) in [4.78, 5) is 26.0. The van der Waals surface area contributed by atoms with Gasteiger partial charge in [-0.2, -0.15) is 0 Å². The standard InChI is InChI=1S/C19H22FN3O3/c1-10-16-13(11-3-2-4-11)7-14(19(25)26)18(24)23(16)9-15(20)17(10)22-6-5-12(21)8-22/h7,9,11-12H,2-6,8,21H2,1H3,(H,25,26)/t12-/m0/s1. The second kappa shape index (κ2) is 6.09. The number of fused-ring (bicyclic) bond motifs is 1. The lowest BCUT2D eigenvalue weighted by atomic mass is 9.79. The lowest BCUT2D eigenvalue weighted by Gasteiger charge is -2.29. The number of carboxylic acid groups (broad SMARTS) is 1. The molecule has 0 spiro atoms. The van der Waals surface area contributed by atoms with Crippen LogP contribution in [0.5, 0.6) is 0 Å². The number of carbonyl (C=O) groups is 1. The van der Waals surface area contributed by atoms with Gasteiger partial charge < -0.3 is 15.7 Å². The summed E-state index contributed by atoms with van der Waals surface area (Å²) in [5, 5.41) is 9.39. The molecule has 1 atom stereocenters. The quantitative estimate of drug-likeness (QED) is 0.878. The molecule has 1 aliphatic heterocycles. The number of nitrogens with two attached hydrogens (primary N) is 1. The Morgan fingerprint density at radius 3 is 2.62 bits per heavy atom. The number of carboxylic acids is 1. The van der Waals surface area contributed by atoms with E-state index in [9.17, 15) is 19.1 Å². The minimum Gasteiger partial charge on any atom is -0.477 e. The van der Waals surface area contributed by atoms with Crippen LogP contribution in [0.15, 0.2) is 17.1 Å². The summed E-state index contributed by atoms with van der Waals surface area (Å²) in [5.74, 6) is -1.59. The van der Waals surface area contributed by atoms with E-state index >= 15 is 0 Å². The summed E-state index contributed by atoms with van der Waals surface area (Å²) >= 11 is 0. The molecule has 2 aromatic rings. The van der Waals surface area contributed by atoms with Gasteiger partial charge in [0, 0.05) is 19.1 Å². The fraction of sp³-hybridized carbons (Fsp3) is 0.474. The summed E-state index contributed by atoms with van der Waals surface area (Å²) in [5.41, 5.74) is 7.60. The van der Waals surface area contributed by atoms with Crippen molar-refractivity contribution in [2.45, 2.75) is 44.6 Å². The van der Waals surface area contributed by atoms with Crippen molar-refractivity contribution in [3.05, 3.63) is 45.1 Å². The van der Waals surface area contributed by atoms with Gasteiger partial charge in [0.1, 0.15) is 5.56 Å². The van der Waals surface area contributed by atoms with Gasteiger partial charge in [-0.05, 0) is 49.3 Å². The molecule has 1 saturated carbocycles. The zero-order valence-corrected chi connectivity index (χ0v) is 14.7. The van der Waals surface area contributed by atoms with E-state index in [0.717, 1.165) is 37.4 Å². The highest BCUT2D eigenvalue weighted by atomic mass is 19.1. The smallest absolute Gasteiger partial charge is 0.341 e. The third-order valence-corrected chi connectivity index (χ3v) is 5.76. The maximum atomic E-state index is 14.9. The van der Waals surface area contributed by atoms with Crippen molar-refractivity contribution >= 4 is 17.2 Å². The van der Waals surface area contributed by atoms with Crippen molar-refractivity contribution in [2.75, 3.05) is 18.0 Å². The van der Waals surface area contributed by atoms with Crippen LogP contribution in [0.2, 0.25) is 0 Å². The Labute approximate surface area is 150 Å². The molecule has 4 rings (SSSR count). The van der Waals surface area contributed by atoms with Crippen LogP contribution in [0.3, 0.4) is 0 Å². The Hall–Kier alpha value is -2.41. The van der Waals surface area contributed by atoms with Gasteiger partial charge >= 0.3 is 5.97 Å². The molecule has 6 nitrogen and oxygen atoms in total. The molecule has 2 aromatic heterocycles. The molecule has 2 fully saturated rings. The maximum absolute atomic E-state index is 14.9. The second-order valence-electron chi connectivity index (χ2n) is 7.42. The summed E-state index contributed by atoms with van der Waals surface area (Å²) < 4.78 is 16.1. The normalized spacial score (nSPS) is 20.6. The summed E-state index contributed by atoms with van der Waals surface area (Å²) in [7, 11) is 0. The monoisotopic (exact) mass is 359 g/mol. The molecule has 3 heterocycles. The number of hydrogen-bond donors (Lipinski definition) is 2. The van der Waals surface area contributed by atoms with Crippen molar-refractivity contribution in [1.29, 1.82) is 0 Å². The van der Waals surface area contributed by atoms with Crippen LogP contribution >= 0.6 is 0 Å². The van der Waals surface area contributed by atoms with E-state index in [1.54, 1.807) is 6.92 Å². The van der Waals surface area contributed by atoms with E-state index < -0.39 is 17.3 Å². The topological polar surface area (TPSA) is 88.0 Å². The van der Waals surface area contributed by atoms with Crippen LogP contribution in [-0.2, 0) is 0 Å². The van der Waals surface area contributed by atoms with Crippen molar-refractivity contribution in [3.8, 4) is 0 Å². The average Bonchev–Trinajstić information content (AvgIpc) is 2.93. The van der Waals surface area contributed by atoms with Crippen LogP contribution in [0.25, 0.3) is 5.52 Å². The third kappa shape index (κ3) is 2.49. The van der Waals surface area contributed by atoms with Crippen molar-refractivity contribution in [2.24, 2.45) is 5.73 Å². The second-order valence-corrected chi connectivity index (χ2v) is 7.42. The van der Waals surface area contributed by atoms with Gasteiger partial charge in [-0.15, -0.1) is 0 Å². The first-order valence-corrected chi connectivity index (χ1v) is 9.00. The number of pyridine rings is 2. The van der Waals surface area contributed by atoms with Crippen LogP contribution in [0.1, 0.15) is 53.1 Å². The molecule has 2 aliphatic rings. The van der Waals surface area contributed by atoms with Gasteiger partial charge in [-0.3, -0.25) is 9.20 Å². The van der Waals surface area contributed by atoms with Gasteiger partial charge in [0.25, 0.3) is 5.56 Å². The van der Waals surface area contributed by atoms with E-state index in [1.165, 1.54) is 10.5 Å². The van der Waals surface area contributed by atoms with Crippen molar-refractivity contribution in [3.63, 3.8) is 0 Å². The number of aromatic nitrogens is 1. The predicted octanol–water partition coefficient (Wildman–Crippen LogP) is 2.25. The fourth-order valence-corrected chi connectivity index (χ4v) is 4.20. The Balaban J connectivity index is 2.02. The van der Waals surface area contributed by atoms with Gasteiger partial charge in [-0.25, -0.2) is 9.18 Å². The zero-order chi connectivity index (χ0) is 18.6. The third-order valence-electron chi connectivity index (χ3n) is 5.76. The van der Waals surface area contributed by atoms with E-state index in [0.29, 0.717) is 29.9 Å². The lowest BCUT2D eigenvalue weighted by molar-refractivity contribution is 0.0694. The SMILES string of the molecule is Cc1c(N2CC[C@H](N)C2)c(F)cn2c(=O)c(C(=O)O)cc(C3CCC3)c12. The molecule has 0 aromatic carbocycles.